The normalized spacial score (nSPS) is 15.8. The molecule has 2 aromatic rings. The topological polar surface area (TPSA) is 94.6 Å². The fraction of sp³-hybridized carbons (Fsp3) is 0.318. The van der Waals surface area contributed by atoms with Crippen molar-refractivity contribution in [2.75, 3.05) is 25.0 Å². The second-order valence-electron chi connectivity index (χ2n) is 6.87. The molecule has 0 saturated heterocycles. The zero-order valence-electron chi connectivity index (χ0n) is 16.6. The van der Waals surface area contributed by atoms with Crippen molar-refractivity contribution < 1.29 is 9.59 Å². The summed E-state index contributed by atoms with van der Waals surface area (Å²) in [7, 11) is 0. The molecule has 0 spiro atoms. The first-order chi connectivity index (χ1) is 14.2. The average molecular weight is 393 g/mol. The van der Waals surface area contributed by atoms with Gasteiger partial charge in [0.15, 0.2) is 5.96 Å². The third kappa shape index (κ3) is 6.07. The zero-order chi connectivity index (χ0) is 20.5. The van der Waals surface area contributed by atoms with Crippen molar-refractivity contribution in [2.45, 2.75) is 25.8 Å². The summed E-state index contributed by atoms with van der Waals surface area (Å²) in [5.41, 5.74) is 3.01. The van der Waals surface area contributed by atoms with E-state index < -0.39 is 0 Å². The van der Waals surface area contributed by atoms with Crippen LogP contribution in [0.3, 0.4) is 0 Å². The highest BCUT2D eigenvalue weighted by molar-refractivity contribution is 5.95. The smallest absolute Gasteiger partial charge is 0.242 e. The molecule has 4 N–H and O–H groups in total. The minimum Gasteiger partial charge on any atom is -0.357 e. The van der Waals surface area contributed by atoms with Crippen molar-refractivity contribution in [3.63, 3.8) is 0 Å². The van der Waals surface area contributed by atoms with Crippen LogP contribution in [0, 0.1) is 0 Å². The molecule has 2 amide bonds. The number of rotatable bonds is 7. The molecule has 0 bridgehead atoms. The predicted molar refractivity (Wildman–Crippen MR) is 115 cm³/mol. The van der Waals surface area contributed by atoms with Crippen LogP contribution in [0.5, 0.6) is 0 Å². The summed E-state index contributed by atoms with van der Waals surface area (Å²) in [6.45, 7) is 3.72. The Bertz CT molecular complexity index is 867. The highest BCUT2D eigenvalue weighted by Crippen LogP contribution is 2.31. The lowest BCUT2D eigenvalue weighted by molar-refractivity contribution is -0.120. The number of nitrogens with one attached hydrogen (secondary N) is 4. The second kappa shape index (κ2) is 10.3. The molecule has 0 saturated carbocycles. The maximum atomic E-state index is 12.1. The molecule has 152 valence electrons. The van der Waals surface area contributed by atoms with E-state index in [0.717, 1.165) is 16.8 Å². The van der Waals surface area contributed by atoms with E-state index in [-0.39, 0.29) is 24.3 Å². The van der Waals surface area contributed by atoms with Crippen molar-refractivity contribution in [1.82, 2.24) is 16.0 Å². The van der Waals surface area contributed by atoms with Crippen LogP contribution in [-0.4, -0.2) is 37.4 Å². The third-order valence-corrected chi connectivity index (χ3v) is 4.68. The maximum absolute atomic E-state index is 12.1. The van der Waals surface area contributed by atoms with Crippen LogP contribution >= 0.6 is 0 Å². The van der Waals surface area contributed by atoms with E-state index in [1.807, 2.05) is 61.5 Å². The fourth-order valence-electron chi connectivity index (χ4n) is 3.25. The van der Waals surface area contributed by atoms with Gasteiger partial charge in [0.05, 0.1) is 0 Å². The standard InChI is InChI=1S/C22H27N5O2/c1-2-23-22(26-15-21(29)24-13-16-8-4-3-5-9-16)25-14-17-12-20(28)27-19-11-7-6-10-18(17)19/h3-11,17H,2,12-15H2,1H3,(H,24,29)(H,27,28)(H2,23,25,26). The predicted octanol–water partition coefficient (Wildman–Crippen LogP) is 1.98. The molecular formula is C22H27N5O2. The Balaban J connectivity index is 1.54. The molecule has 0 aromatic heterocycles. The summed E-state index contributed by atoms with van der Waals surface area (Å²) < 4.78 is 0. The van der Waals surface area contributed by atoms with Gasteiger partial charge in [-0.3, -0.25) is 9.59 Å². The highest BCUT2D eigenvalue weighted by Gasteiger charge is 2.24. The van der Waals surface area contributed by atoms with Crippen molar-refractivity contribution in [1.29, 1.82) is 0 Å². The monoisotopic (exact) mass is 393 g/mol. The number of anilines is 1. The van der Waals surface area contributed by atoms with Crippen LogP contribution in [0.15, 0.2) is 59.6 Å². The fourth-order valence-corrected chi connectivity index (χ4v) is 3.25. The number of carbonyl (C=O) groups is 2. The van der Waals surface area contributed by atoms with E-state index in [2.05, 4.69) is 26.3 Å². The molecule has 29 heavy (non-hydrogen) atoms. The van der Waals surface area contributed by atoms with Crippen molar-refractivity contribution in [3.05, 3.63) is 65.7 Å². The first kappa shape index (κ1) is 20.4. The van der Waals surface area contributed by atoms with E-state index in [0.29, 0.717) is 32.0 Å². The number of hydrogen-bond donors (Lipinski definition) is 4. The summed E-state index contributed by atoms with van der Waals surface area (Å²) in [5, 5.41) is 12.2. The highest BCUT2D eigenvalue weighted by atomic mass is 16.2. The Morgan fingerprint density at radius 2 is 1.83 bits per heavy atom. The molecule has 7 heteroatoms. The number of carbonyl (C=O) groups excluding carboxylic acids is 2. The van der Waals surface area contributed by atoms with Crippen LogP contribution in [-0.2, 0) is 16.1 Å². The van der Waals surface area contributed by atoms with Gasteiger partial charge >= 0.3 is 0 Å². The van der Waals surface area contributed by atoms with Gasteiger partial charge in [-0.2, -0.15) is 0 Å². The van der Waals surface area contributed by atoms with Crippen LogP contribution in [0.1, 0.15) is 30.4 Å². The van der Waals surface area contributed by atoms with Gasteiger partial charge in [0, 0.05) is 37.7 Å². The number of guanidine groups is 1. The lowest BCUT2D eigenvalue weighted by Gasteiger charge is -2.26. The van der Waals surface area contributed by atoms with Gasteiger partial charge in [-0.1, -0.05) is 48.5 Å². The van der Waals surface area contributed by atoms with Crippen LogP contribution in [0.25, 0.3) is 0 Å². The number of hydrogen-bond acceptors (Lipinski definition) is 3. The van der Waals surface area contributed by atoms with Crippen molar-refractivity contribution >= 4 is 23.5 Å². The van der Waals surface area contributed by atoms with Crippen LogP contribution < -0.4 is 21.3 Å². The molecule has 1 atom stereocenters. The molecule has 1 aliphatic heterocycles. The Morgan fingerprint density at radius 3 is 2.62 bits per heavy atom. The Morgan fingerprint density at radius 1 is 1.07 bits per heavy atom. The first-order valence-corrected chi connectivity index (χ1v) is 9.87. The average Bonchev–Trinajstić information content (AvgIpc) is 2.74. The van der Waals surface area contributed by atoms with Gasteiger partial charge in [0.2, 0.25) is 11.8 Å². The minimum atomic E-state index is -0.145. The van der Waals surface area contributed by atoms with Gasteiger partial charge in [-0.25, -0.2) is 4.99 Å². The molecule has 2 aromatic carbocycles. The summed E-state index contributed by atoms with van der Waals surface area (Å²) >= 11 is 0. The Hall–Kier alpha value is -3.35. The Kier molecular flexibility index (Phi) is 7.22. The van der Waals surface area contributed by atoms with Crippen LogP contribution in [0.4, 0.5) is 5.69 Å². The van der Waals surface area contributed by atoms with Gasteiger partial charge < -0.3 is 21.3 Å². The van der Waals surface area contributed by atoms with E-state index in [1.165, 1.54) is 0 Å². The number of nitrogens with zero attached hydrogens (tertiary/aromatic N) is 1. The van der Waals surface area contributed by atoms with Crippen LogP contribution in [0.2, 0.25) is 0 Å². The zero-order valence-corrected chi connectivity index (χ0v) is 16.6. The molecule has 7 nitrogen and oxygen atoms in total. The van der Waals surface area contributed by atoms with Gasteiger partial charge in [0.25, 0.3) is 0 Å². The lowest BCUT2D eigenvalue weighted by atomic mass is 9.90. The molecular weight excluding hydrogens is 366 g/mol. The molecule has 3 rings (SSSR count). The quantitative estimate of drug-likeness (QED) is 0.427. The van der Waals surface area contributed by atoms with E-state index in [4.69, 9.17) is 0 Å². The van der Waals surface area contributed by atoms with Crippen molar-refractivity contribution in [2.24, 2.45) is 4.99 Å². The molecule has 0 radical (unpaired) electrons. The number of aliphatic imine (C=N–C) groups is 1. The number of para-hydroxylation sites is 1. The summed E-state index contributed by atoms with van der Waals surface area (Å²) in [6, 6.07) is 17.6. The molecule has 1 heterocycles. The van der Waals surface area contributed by atoms with Crippen molar-refractivity contribution in [3.8, 4) is 0 Å². The van der Waals surface area contributed by atoms with Gasteiger partial charge in [0.1, 0.15) is 6.54 Å². The first-order valence-electron chi connectivity index (χ1n) is 9.87. The molecule has 0 aliphatic carbocycles. The lowest BCUT2D eigenvalue weighted by Crippen LogP contribution is -2.41. The van der Waals surface area contributed by atoms with E-state index in [1.54, 1.807) is 0 Å². The number of benzene rings is 2. The minimum absolute atomic E-state index is 0.0118. The summed E-state index contributed by atoms with van der Waals surface area (Å²) in [4.78, 5) is 28.5. The maximum Gasteiger partial charge on any atom is 0.242 e. The molecule has 1 aliphatic rings. The number of fused-ring (bicyclic) bond motifs is 1. The van der Waals surface area contributed by atoms with Gasteiger partial charge in [-0.05, 0) is 24.1 Å². The third-order valence-electron chi connectivity index (χ3n) is 4.68. The Labute approximate surface area is 171 Å². The van der Waals surface area contributed by atoms with E-state index in [9.17, 15) is 9.59 Å². The number of amides is 2. The van der Waals surface area contributed by atoms with E-state index >= 15 is 0 Å². The SMILES string of the molecule is CCNC(=NCC(=O)NCc1ccccc1)NCC1CC(=O)Nc2ccccc21. The summed E-state index contributed by atoms with van der Waals surface area (Å²) in [5.74, 6) is 0.479. The summed E-state index contributed by atoms with van der Waals surface area (Å²) in [6.07, 6.45) is 0.418. The van der Waals surface area contributed by atoms with Gasteiger partial charge in [-0.15, -0.1) is 0 Å². The second-order valence-corrected chi connectivity index (χ2v) is 6.87. The molecule has 1 unspecified atom stereocenters. The largest absolute Gasteiger partial charge is 0.357 e. The molecule has 0 fully saturated rings.